The first-order valence-electron chi connectivity index (χ1n) is 7.89. The van der Waals surface area contributed by atoms with Crippen LogP contribution in [0.1, 0.15) is 12.2 Å². The largest absolute Gasteiger partial charge is 0.379 e. The summed E-state index contributed by atoms with van der Waals surface area (Å²) in [6.45, 7) is 1.22. The van der Waals surface area contributed by atoms with Crippen LogP contribution in [0.3, 0.4) is 0 Å². The minimum atomic E-state index is -0.967. The summed E-state index contributed by atoms with van der Waals surface area (Å²) in [6.07, 6.45) is 7.32. The first-order valence-corrected chi connectivity index (χ1v) is 7.89. The summed E-state index contributed by atoms with van der Waals surface area (Å²) in [5, 5.41) is 10.9. The molecule has 25 heavy (non-hydrogen) atoms. The maximum Gasteiger partial charge on any atom is 0.245 e. The number of rotatable bonds is 3. The Labute approximate surface area is 142 Å². The lowest BCUT2D eigenvalue weighted by Crippen LogP contribution is -2.41. The van der Waals surface area contributed by atoms with Crippen molar-refractivity contribution in [3.05, 3.63) is 60.3 Å². The van der Waals surface area contributed by atoms with Gasteiger partial charge in [-0.1, -0.05) is 18.2 Å². The Kier molecular flexibility index (Phi) is 3.79. The van der Waals surface area contributed by atoms with Crippen LogP contribution in [0.25, 0.3) is 11.3 Å². The maximum absolute atomic E-state index is 14.1. The van der Waals surface area contributed by atoms with Gasteiger partial charge >= 0.3 is 0 Å². The molecule has 6 nitrogen and oxygen atoms in total. The summed E-state index contributed by atoms with van der Waals surface area (Å²) in [7, 11) is 0. The van der Waals surface area contributed by atoms with Crippen molar-refractivity contribution in [2.75, 3.05) is 13.1 Å². The first kappa shape index (κ1) is 15.5. The van der Waals surface area contributed by atoms with Gasteiger partial charge in [-0.2, -0.15) is 0 Å². The van der Waals surface area contributed by atoms with Crippen molar-refractivity contribution in [2.45, 2.75) is 12.5 Å². The SMILES string of the molecule is O=C(C1CC(c2nncn2-c2cccc(F)c2F)=CN1)N1CC=CC1. The van der Waals surface area contributed by atoms with Crippen molar-refractivity contribution in [3.8, 4) is 5.69 Å². The molecule has 2 aliphatic rings. The minimum absolute atomic E-state index is 0.000693. The zero-order valence-electron chi connectivity index (χ0n) is 13.2. The second-order valence-electron chi connectivity index (χ2n) is 5.91. The lowest BCUT2D eigenvalue weighted by Gasteiger charge is -2.20. The third-order valence-electron chi connectivity index (χ3n) is 4.34. The van der Waals surface area contributed by atoms with Gasteiger partial charge in [0.25, 0.3) is 0 Å². The molecule has 1 aromatic carbocycles. The second-order valence-corrected chi connectivity index (χ2v) is 5.91. The fourth-order valence-corrected chi connectivity index (χ4v) is 3.04. The average molecular weight is 343 g/mol. The van der Waals surface area contributed by atoms with E-state index in [1.165, 1.54) is 23.0 Å². The maximum atomic E-state index is 14.1. The van der Waals surface area contributed by atoms with E-state index >= 15 is 0 Å². The highest BCUT2D eigenvalue weighted by Gasteiger charge is 2.30. The number of amides is 1. The molecule has 1 aromatic heterocycles. The molecule has 0 aliphatic carbocycles. The Morgan fingerprint density at radius 1 is 1.24 bits per heavy atom. The number of nitrogens with zero attached hydrogens (tertiary/aromatic N) is 4. The van der Waals surface area contributed by atoms with Gasteiger partial charge in [-0.15, -0.1) is 10.2 Å². The Bertz CT molecular complexity index is 881. The second kappa shape index (κ2) is 6.12. The Morgan fingerprint density at radius 2 is 2.04 bits per heavy atom. The molecule has 1 amide bonds. The highest BCUT2D eigenvalue weighted by atomic mass is 19.2. The van der Waals surface area contributed by atoms with E-state index in [0.717, 1.165) is 6.07 Å². The standard InChI is InChI=1S/C17H15F2N5O/c18-12-4-3-5-14(15(12)19)24-10-21-22-16(24)11-8-13(20-9-11)17(25)23-6-1-2-7-23/h1-5,9-10,13,20H,6-8H2. The van der Waals surface area contributed by atoms with Crippen molar-refractivity contribution < 1.29 is 13.6 Å². The quantitative estimate of drug-likeness (QED) is 0.861. The van der Waals surface area contributed by atoms with Crippen LogP contribution < -0.4 is 5.32 Å². The summed E-state index contributed by atoms with van der Waals surface area (Å²) in [5.41, 5.74) is 0.742. The van der Waals surface area contributed by atoms with Crippen LogP contribution in [-0.2, 0) is 4.79 Å². The van der Waals surface area contributed by atoms with Crippen LogP contribution in [0, 0.1) is 11.6 Å². The molecule has 3 heterocycles. The predicted molar refractivity (Wildman–Crippen MR) is 86.5 cm³/mol. The molecule has 2 aliphatic heterocycles. The highest BCUT2D eigenvalue weighted by Crippen LogP contribution is 2.26. The molecule has 1 atom stereocenters. The first-order chi connectivity index (χ1) is 12.1. The minimum Gasteiger partial charge on any atom is -0.379 e. The summed E-state index contributed by atoms with van der Waals surface area (Å²) >= 11 is 0. The smallest absolute Gasteiger partial charge is 0.245 e. The van der Waals surface area contributed by atoms with E-state index in [9.17, 15) is 13.6 Å². The predicted octanol–water partition coefficient (Wildman–Crippen LogP) is 1.65. The van der Waals surface area contributed by atoms with Crippen LogP contribution in [-0.4, -0.2) is 44.7 Å². The number of hydrogen-bond donors (Lipinski definition) is 1. The van der Waals surface area contributed by atoms with Gasteiger partial charge < -0.3 is 10.2 Å². The molecular formula is C17H15F2N5O. The molecule has 1 unspecified atom stereocenters. The van der Waals surface area contributed by atoms with E-state index in [2.05, 4.69) is 15.5 Å². The summed E-state index contributed by atoms with van der Waals surface area (Å²) < 4.78 is 29.0. The molecular weight excluding hydrogens is 328 g/mol. The van der Waals surface area contributed by atoms with E-state index in [1.807, 2.05) is 12.2 Å². The number of hydrogen-bond acceptors (Lipinski definition) is 4. The summed E-state index contributed by atoms with van der Waals surface area (Å²) in [5.74, 6) is -1.53. The lowest BCUT2D eigenvalue weighted by molar-refractivity contribution is -0.131. The molecule has 0 radical (unpaired) electrons. The highest BCUT2D eigenvalue weighted by molar-refractivity contribution is 5.86. The number of halogens is 2. The number of carbonyl (C=O) groups is 1. The van der Waals surface area contributed by atoms with Crippen molar-refractivity contribution in [1.82, 2.24) is 25.0 Å². The monoisotopic (exact) mass is 343 g/mol. The van der Waals surface area contributed by atoms with Gasteiger partial charge in [0.15, 0.2) is 17.5 Å². The third kappa shape index (κ3) is 2.69. The Morgan fingerprint density at radius 3 is 2.84 bits per heavy atom. The fraction of sp³-hybridized carbons (Fsp3) is 0.235. The van der Waals surface area contributed by atoms with Crippen molar-refractivity contribution in [1.29, 1.82) is 0 Å². The molecule has 1 N–H and O–H groups in total. The zero-order valence-corrected chi connectivity index (χ0v) is 13.2. The Balaban J connectivity index is 1.57. The molecule has 8 heteroatoms. The number of carbonyl (C=O) groups excluding carboxylic acids is 1. The molecule has 2 aromatic rings. The molecule has 0 spiro atoms. The third-order valence-corrected chi connectivity index (χ3v) is 4.34. The van der Waals surface area contributed by atoms with Crippen molar-refractivity contribution in [2.24, 2.45) is 0 Å². The lowest BCUT2D eigenvalue weighted by atomic mass is 10.1. The van der Waals surface area contributed by atoms with Crippen molar-refractivity contribution >= 4 is 11.5 Å². The average Bonchev–Trinajstić information content (AvgIpc) is 3.37. The van der Waals surface area contributed by atoms with Crippen LogP contribution >= 0.6 is 0 Å². The van der Waals surface area contributed by atoms with Crippen LogP contribution in [0.2, 0.25) is 0 Å². The van der Waals surface area contributed by atoms with Crippen LogP contribution in [0.15, 0.2) is 42.9 Å². The van der Waals surface area contributed by atoms with Gasteiger partial charge in [-0.3, -0.25) is 9.36 Å². The number of aromatic nitrogens is 3. The molecule has 4 rings (SSSR count). The van der Waals surface area contributed by atoms with Gasteiger partial charge in [0.05, 0.1) is 5.69 Å². The topological polar surface area (TPSA) is 63.1 Å². The summed E-state index contributed by atoms with van der Waals surface area (Å²) in [4.78, 5) is 14.2. The van der Waals surface area contributed by atoms with Gasteiger partial charge in [0.2, 0.25) is 5.91 Å². The molecule has 0 bridgehead atoms. The van der Waals surface area contributed by atoms with Gasteiger partial charge in [-0.25, -0.2) is 8.78 Å². The fourth-order valence-electron chi connectivity index (χ4n) is 3.04. The van der Waals surface area contributed by atoms with Crippen molar-refractivity contribution in [3.63, 3.8) is 0 Å². The van der Waals surface area contributed by atoms with Gasteiger partial charge in [0.1, 0.15) is 12.4 Å². The summed E-state index contributed by atoms with van der Waals surface area (Å²) in [6, 6.07) is 3.54. The molecule has 0 saturated heterocycles. The number of nitrogens with one attached hydrogen (secondary N) is 1. The van der Waals surface area contributed by atoms with E-state index in [1.54, 1.807) is 11.1 Å². The molecule has 0 saturated carbocycles. The molecule has 128 valence electrons. The van der Waals surface area contributed by atoms with E-state index in [-0.39, 0.29) is 11.6 Å². The normalized spacial score (nSPS) is 19.2. The number of benzene rings is 1. The van der Waals surface area contributed by atoms with E-state index in [4.69, 9.17) is 0 Å². The van der Waals surface area contributed by atoms with Gasteiger partial charge in [0, 0.05) is 31.3 Å². The zero-order chi connectivity index (χ0) is 17.4. The Hall–Kier alpha value is -3.03. The molecule has 0 fully saturated rings. The van der Waals surface area contributed by atoms with E-state index in [0.29, 0.717) is 30.9 Å². The van der Waals surface area contributed by atoms with Crippen LogP contribution in [0.4, 0.5) is 8.78 Å². The van der Waals surface area contributed by atoms with E-state index < -0.39 is 17.7 Å². The van der Waals surface area contributed by atoms with Crippen LogP contribution in [0.5, 0.6) is 0 Å². The van der Waals surface area contributed by atoms with Gasteiger partial charge in [-0.05, 0) is 12.1 Å².